The van der Waals surface area contributed by atoms with Crippen LogP contribution in [0.15, 0.2) is 95.8 Å². The first-order chi connectivity index (χ1) is 41.0. The highest BCUT2D eigenvalue weighted by Crippen LogP contribution is 2.49. The summed E-state index contributed by atoms with van der Waals surface area (Å²) >= 11 is 0. The first-order valence-electron chi connectivity index (χ1n) is 29.5. The first kappa shape index (κ1) is 62.8. The molecule has 7 N–H and O–H groups in total. The van der Waals surface area contributed by atoms with E-state index in [2.05, 4.69) is 111 Å². The lowest BCUT2D eigenvalue weighted by Gasteiger charge is -2.36. The van der Waals surface area contributed by atoms with Crippen molar-refractivity contribution in [1.82, 2.24) is 30.6 Å². The number of aromatic amines is 1. The molecule has 3 aliphatic rings. The van der Waals surface area contributed by atoms with Crippen molar-refractivity contribution in [3.8, 4) is 17.4 Å². The summed E-state index contributed by atoms with van der Waals surface area (Å²) in [5.41, 5.74) is 17.3. The minimum atomic E-state index is -4.45. The zero-order chi connectivity index (χ0) is 61.6. The number of H-pyrrole nitrogens is 1. The molecule has 21 heteroatoms. The molecule has 5 heterocycles. The van der Waals surface area contributed by atoms with Gasteiger partial charge in [0, 0.05) is 79.0 Å². The Morgan fingerprint density at radius 2 is 1.56 bits per heavy atom. The van der Waals surface area contributed by atoms with E-state index in [0.29, 0.717) is 114 Å². The summed E-state index contributed by atoms with van der Waals surface area (Å²) in [5.74, 6) is 1.13. The van der Waals surface area contributed by atoms with Crippen LogP contribution in [-0.4, -0.2) is 125 Å². The van der Waals surface area contributed by atoms with Crippen molar-refractivity contribution in [2.75, 3.05) is 69.9 Å². The molecule has 458 valence electrons. The molecule has 0 saturated carbocycles. The zero-order valence-corrected chi connectivity index (χ0v) is 51.7. The number of hydrogen-bond acceptors (Lipinski definition) is 15. The summed E-state index contributed by atoms with van der Waals surface area (Å²) in [6, 6.07) is 19.1. The molecule has 0 saturated heterocycles. The molecule has 0 aliphatic carbocycles. The number of nitrogens with one attached hydrogen (secondary N) is 3. The molecule has 1 unspecified atom stereocenters. The summed E-state index contributed by atoms with van der Waals surface area (Å²) in [6.45, 7) is 22.7. The van der Waals surface area contributed by atoms with Crippen LogP contribution in [0.2, 0.25) is 0 Å². The number of aryl methyl sites for hydroxylation is 1. The van der Waals surface area contributed by atoms with E-state index in [-0.39, 0.29) is 40.4 Å². The Kier molecular flexibility index (Phi) is 19.4. The Bertz CT molecular complexity index is 3710. The summed E-state index contributed by atoms with van der Waals surface area (Å²) in [6.07, 6.45) is 11.6. The van der Waals surface area contributed by atoms with Crippen molar-refractivity contribution in [1.29, 1.82) is 0 Å². The number of imidazole rings is 1. The molecule has 3 aliphatic heterocycles. The molecule has 0 spiro atoms. The largest absolute Gasteiger partial charge is 0.507 e. The Hall–Kier alpha value is -7.69. The third-order valence-electron chi connectivity index (χ3n) is 16.9. The third-order valence-corrected chi connectivity index (χ3v) is 17.7. The molecule has 20 nitrogen and oxygen atoms in total. The number of carbonyl (C=O) groups excluding carboxylic acids is 2. The van der Waals surface area contributed by atoms with Crippen LogP contribution in [0.25, 0.3) is 11.2 Å². The van der Waals surface area contributed by atoms with Crippen molar-refractivity contribution < 1.29 is 55.9 Å². The number of phenols is 1. The van der Waals surface area contributed by atoms with Crippen molar-refractivity contribution in [2.45, 2.75) is 135 Å². The quantitative estimate of drug-likeness (QED) is 0.0159. The van der Waals surface area contributed by atoms with Crippen LogP contribution in [0.3, 0.4) is 0 Å². The summed E-state index contributed by atoms with van der Waals surface area (Å²) < 4.78 is 67.0. The van der Waals surface area contributed by atoms with E-state index in [1.807, 2.05) is 45.0 Å². The summed E-state index contributed by atoms with van der Waals surface area (Å²) in [4.78, 5) is 43.8. The van der Waals surface area contributed by atoms with Gasteiger partial charge >= 0.3 is 0 Å². The normalized spacial score (nSPS) is 17.3. The molecule has 0 fully saturated rings. The molecule has 9 rings (SSSR count). The molecule has 4 aromatic carbocycles. The van der Waals surface area contributed by atoms with Gasteiger partial charge in [0.25, 0.3) is 16.0 Å². The van der Waals surface area contributed by atoms with Gasteiger partial charge in [0.05, 0.1) is 56.3 Å². The summed E-state index contributed by atoms with van der Waals surface area (Å²) in [5, 5.41) is 16.5. The second-order valence-corrected chi connectivity index (χ2v) is 25.1. The number of aromatic hydroxyl groups is 1. The number of nitrogens with zero attached hydrogens (tertiary/aromatic N) is 5. The minimum Gasteiger partial charge on any atom is -0.507 e. The molecule has 86 heavy (non-hydrogen) atoms. The number of allylic oxidation sites excluding steroid dienone is 4. The number of unbranched alkanes of at least 4 members (excludes halogenated alkanes) is 2. The molecule has 0 radical (unpaired) electrons. The molecule has 2 aromatic heterocycles. The van der Waals surface area contributed by atoms with Gasteiger partial charge in [-0.3, -0.25) is 14.1 Å². The highest BCUT2D eigenvalue weighted by atomic mass is 32.2. The van der Waals surface area contributed by atoms with Gasteiger partial charge in [-0.15, -0.1) is 0 Å². The van der Waals surface area contributed by atoms with E-state index in [4.69, 9.17) is 29.4 Å². The highest BCUT2D eigenvalue weighted by molar-refractivity contribution is 7.85. The zero-order valence-electron chi connectivity index (χ0n) is 50.9. The fraction of sp³-hybridized carbons (Fsp3) is 0.446. The SMILES string of the molecule is Cc1ccc2c(c1)C(C)(C)C(=CC=CC1=[N+](CCCCCC(=O)NCc3ccc(COc4nc(N)nc5nc[nH]c45)cc3)c3ccc(S(=O)(=O)O)cc3C1(C)C)N2CCOCCOCCOCCNC(=O)C1(C)CCc2c(C)c(O)c(C)c(C)c2O1. The fourth-order valence-electron chi connectivity index (χ4n) is 11.7. The maximum Gasteiger partial charge on any atom is 0.294 e. The predicted octanol–water partition coefficient (Wildman–Crippen LogP) is 9.14. The molecular formula is C65H82N9O11S+. The number of nitrogens with two attached hydrogens (primary N) is 1. The van der Waals surface area contributed by atoms with Crippen LogP contribution < -0.4 is 30.7 Å². The van der Waals surface area contributed by atoms with Gasteiger partial charge in [-0.1, -0.05) is 61.9 Å². The van der Waals surface area contributed by atoms with Gasteiger partial charge in [0.2, 0.25) is 23.4 Å². The van der Waals surface area contributed by atoms with Crippen molar-refractivity contribution in [2.24, 2.45) is 0 Å². The van der Waals surface area contributed by atoms with Crippen LogP contribution >= 0.6 is 0 Å². The molecule has 0 bridgehead atoms. The topological polar surface area (TPSA) is 266 Å². The number of aromatic nitrogens is 4. The van der Waals surface area contributed by atoms with Gasteiger partial charge in [0.15, 0.2) is 17.0 Å². The van der Waals surface area contributed by atoms with Gasteiger partial charge in [0.1, 0.15) is 30.2 Å². The van der Waals surface area contributed by atoms with Gasteiger partial charge in [-0.25, -0.2) is 4.98 Å². The average molecular weight is 1200 g/mol. The van der Waals surface area contributed by atoms with E-state index in [9.17, 15) is 27.7 Å². The second kappa shape index (κ2) is 26.5. The number of ether oxygens (including phenoxy) is 5. The van der Waals surface area contributed by atoms with Crippen LogP contribution in [0, 0.1) is 27.7 Å². The number of amides is 2. The van der Waals surface area contributed by atoms with E-state index in [1.54, 1.807) is 19.1 Å². The monoisotopic (exact) mass is 1200 g/mol. The number of hydrogen-bond donors (Lipinski definition) is 6. The van der Waals surface area contributed by atoms with Crippen molar-refractivity contribution in [3.05, 3.63) is 141 Å². The molecular weight excluding hydrogens is 1110 g/mol. The number of rotatable bonds is 27. The fourth-order valence-corrected chi connectivity index (χ4v) is 12.2. The Morgan fingerprint density at radius 1 is 0.837 bits per heavy atom. The van der Waals surface area contributed by atoms with Crippen LogP contribution in [0.5, 0.6) is 17.4 Å². The van der Waals surface area contributed by atoms with Crippen molar-refractivity contribution >= 4 is 56.1 Å². The van der Waals surface area contributed by atoms with E-state index >= 15 is 0 Å². The highest BCUT2D eigenvalue weighted by Gasteiger charge is 2.46. The molecule has 6 aromatic rings. The van der Waals surface area contributed by atoms with E-state index < -0.39 is 21.1 Å². The maximum atomic E-state index is 13.3. The average Bonchev–Trinajstić information content (AvgIpc) is 1.75. The number of nitrogen functional groups attached to an aromatic ring is 1. The summed E-state index contributed by atoms with van der Waals surface area (Å²) in [7, 11) is -4.45. The maximum absolute atomic E-state index is 13.3. The lowest BCUT2D eigenvalue weighted by molar-refractivity contribution is -0.438. The standard InChI is InChI=1S/C65H81N9O11S/c1-41-17-23-51-49(36-41)63(5,6)54(74(51)29-31-82-33-35-83-34-32-81-30-27-67-61(77)65(9)26-25-48-44(4)57(76)42(2)43(3)58(48)85-65)15-13-14-53-64(7,8)50-37-47(86(78,79)80)22-24-52(50)73(53)28-12-10-11-16-55(75)68-38-45-18-20-46(21-19-45)39-84-60-56-59(70-40-69-56)71-62(66)72-60/h13-15,17-24,36-37,40H,10-12,16,25-35,38-39H2,1-9H3,(H6-,66,67,68,69,70,71,72,75,76,77,78,79,80)/p+1. The number of benzene rings is 4. The van der Waals surface area contributed by atoms with Gasteiger partial charge < -0.3 is 55.0 Å². The molecule has 2 amide bonds. The number of phenolic OH excluding ortho intramolecular Hbond substituents is 1. The lowest BCUT2D eigenvalue weighted by atomic mass is 9.81. The predicted molar refractivity (Wildman–Crippen MR) is 330 cm³/mol. The lowest BCUT2D eigenvalue weighted by Crippen LogP contribution is -2.51. The Morgan fingerprint density at radius 3 is 2.30 bits per heavy atom. The smallest absolute Gasteiger partial charge is 0.294 e. The Balaban J connectivity index is 0.748. The number of anilines is 2. The number of fused-ring (bicyclic) bond motifs is 4. The van der Waals surface area contributed by atoms with E-state index in [0.717, 1.165) is 74.6 Å². The van der Waals surface area contributed by atoms with Crippen molar-refractivity contribution in [3.63, 3.8) is 0 Å². The second-order valence-electron chi connectivity index (χ2n) is 23.7. The Labute approximate surface area is 504 Å². The van der Waals surface area contributed by atoms with Gasteiger partial charge in [-0.2, -0.15) is 23.0 Å². The van der Waals surface area contributed by atoms with Crippen LogP contribution in [-0.2, 0) is 64.3 Å². The van der Waals surface area contributed by atoms with Crippen LogP contribution in [0.1, 0.15) is 117 Å². The minimum absolute atomic E-state index is 0.0367. The number of carbonyl (C=O) groups is 2. The molecule has 1 atom stereocenters. The first-order valence-corrected chi connectivity index (χ1v) is 30.9. The van der Waals surface area contributed by atoms with Crippen LogP contribution in [0.4, 0.5) is 17.3 Å². The third kappa shape index (κ3) is 13.9. The van der Waals surface area contributed by atoms with E-state index in [1.165, 1.54) is 23.5 Å². The van der Waals surface area contributed by atoms with Gasteiger partial charge in [-0.05, 0) is 125 Å².